The molecule has 0 aromatic heterocycles. The van der Waals surface area contributed by atoms with E-state index in [9.17, 15) is 14.4 Å². The van der Waals surface area contributed by atoms with E-state index in [0.717, 1.165) is 25.7 Å². The van der Waals surface area contributed by atoms with Crippen molar-refractivity contribution >= 4 is 17.7 Å². The molecule has 2 N–H and O–H groups in total. The summed E-state index contributed by atoms with van der Waals surface area (Å²) < 4.78 is 6.29. The van der Waals surface area contributed by atoms with Crippen LogP contribution < -0.4 is 10.6 Å². The van der Waals surface area contributed by atoms with Gasteiger partial charge in [-0.2, -0.15) is 0 Å². The first kappa shape index (κ1) is 18.1. The normalized spacial score (nSPS) is 39.5. The Morgan fingerprint density at radius 1 is 1.33 bits per heavy atom. The summed E-state index contributed by atoms with van der Waals surface area (Å²) in [5, 5.41) is 5.71. The largest absolute Gasteiger partial charge is 0.359 e. The maximum atomic E-state index is 13.2. The summed E-state index contributed by atoms with van der Waals surface area (Å²) in [6.45, 7) is 1.80. The molecule has 3 heterocycles. The molecule has 1 saturated carbocycles. The molecule has 3 aliphatic heterocycles. The molecule has 0 radical (unpaired) electrons. The van der Waals surface area contributed by atoms with E-state index in [2.05, 4.69) is 16.6 Å². The number of hydrogen-bond acceptors (Lipinski definition) is 4. The summed E-state index contributed by atoms with van der Waals surface area (Å²) in [4.78, 5) is 40.4. The molecule has 4 aliphatic rings. The number of carbonyl (C=O) groups is 3. The Balaban J connectivity index is 1.73. The second-order valence-electron chi connectivity index (χ2n) is 8.11. The van der Waals surface area contributed by atoms with Gasteiger partial charge in [0.15, 0.2) is 0 Å². The maximum Gasteiger partial charge on any atom is 0.246 e. The zero-order valence-corrected chi connectivity index (χ0v) is 15.7. The van der Waals surface area contributed by atoms with E-state index in [1.165, 1.54) is 11.9 Å². The third-order valence-electron chi connectivity index (χ3n) is 6.54. The molecule has 0 aromatic carbocycles. The molecule has 144 valence electrons. The first-order valence-electron chi connectivity index (χ1n) is 9.54. The fourth-order valence-corrected chi connectivity index (χ4v) is 5.40. The van der Waals surface area contributed by atoms with E-state index >= 15 is 0 Å². The monoisotopic (exact) mass is 371 g/mol. The standard InChI is InChI=1S/C20H25N3O4/c1-4-11-23-15(17(25)22-12-7-5-6-8-12)20-10-9-19(2,27-20)13(16(24)21-3)14(20)18(23)26/h1,9-10,12-15H,5-8,11H2,2-3H3,(H,21,24)(H,22,25)/t13-,14+,15+,19-,20+/m1/s1. The first-order valence-corrected chi connectivity index (χ1v) is 9.54. The lowest BCUT2D eigenvalue weighted by molar-refractivity contribution is -0.144. The van der Waals surface area contributed by atoms with Crippen LogP contribution in [0.2, 0.25) is 0 Å². The lowest BCUT2D eigenvalue weighted by Crippen LogP contribution is -2.56. The molecule has 1 spiro atoms. The van der Waals surface area contributed by atoms with Crippen LogP contribution in [0.3, 0.4) is 0 Å². The number of amides is 3. The molecular weight excluding hydrogens is 346 g/mol. The van der Waals surface area contributed by atoms with Crippen LogP contribution in [-0.4, -0.2) is 59.5 Å². The first-order chi connectivity index (χ1) is 12.9. The van der Waals surface area contributed by atoms with Crippen LogP contribution in [0.4, 0.5) is 0 Å². The van der Waals surface area contributed by atoms with Gasteiger partial charge in [0.05, 0.1) is 24.0 Å². The highest BCUT2D eigenvalue weighted by molar-refractivity contribution is 6.00. The second-order valence-corrected chi connectivity index (χ2v) is 8.11. The van der Waals surface area contributed by atoms with E-state index in [-0.39, 0.29) is 30.3 Å². The molecule has 2 bridgehead atoms. The molecule has 0 aromatic rings. The van der Waals surface area contributed by atoms with Crippen molar-refractivity contribution in [2.45, 2.75) is 55.9 Å². The minimum Gasteiger partial charge on any atom is -0.359 e. The van der Waals surface area contributed by atoms with Gasteiger partial charge >= 0.3 is 0 Å². The number of terminal acetylenes is 1. The molecule has 4 rings (SSSR count). The van der Waals surface area contributed by atoms with E-state index in [1.54, 1.807) is 13.0 Å². The van der Waals surface area contributed by atoms with Crippen LogP contribution in [0.15, 0.2) is 12.2 Å². The Kier molecular flexibility index (Phi) is 4.08. The van der Waals surface area contributed by atoms with Gasteiger partial charge in [-0.25, -0.2) is 0 Å². The molecule has 3 fully saturated rings. The van der Waals surface area contributed by atoms with Gasteiger partial charge in [0.25, 0.3) is 0 Å². The van der Waals surface area contributed by atoms with Crippen molar-refractivity contribution in [1.29, 1.82) is 0 Å². The van der Waals surface area contributed by atoms with Crippen molar-refractivity contribution in [1.82, 2.24) is 15.5 Å². The highest BCUT2D eigenvalue weighted by atomic mass is 16.5. The molecule has 7 heteroatoms. The van der Waals surface area contributed by atoms with Gasteiger partial charge in [-0.15, -0.1) is 6.42 Å². The van der Waals surface area contributed by atoms with Gasteiger partial charge in [-0.05, 0) is 19.8 Å². The number of likely N-dealkylation sites (tertiary alicyclic amines) is 1. The highest BCUT2D eigenvalue weighted by Gasteiger charge is 2.76. The fourth-order valence-electron chi connectivity index (χ4n) is 5.40. The molecule has 1 aliphatic carbocycles. The van der Waals surface area contributed by atoms with Gasteiger partial charge in [-0.3, -0.25) is 14.4 Å². The number of hydrogen-bond donors (Lipinski definition) is 2. The minimum atomic E-state index is -1.15. The van der Waals surface area contributed by atoms with E-state index < -0.39 is 29.1 Å². The van der Waals surface area contributed by atoms with Crippen molar-refractivity contribution in [3.05, 3.63) is 12.2 Å². The summed E-state index contributed by atoms with van der Waals surface area (Å²) in [6.07, 6.45) is 13.1. The number of fused-ring (bicyclic) bond motifs is 1. The van der Waals surface area contributed by atoms with Gasteiger partial charge in [0.2, 0.25) is 17.7 Å². The summed E-state index contributed by atoms with van der Waals surface area (Å²) >= 11 is 0. The van der Waals surface area contributed by atoms with Crippen molar-refractivity contribution in [3.8, 4) is 12.3 Å². The summed E-state index contributed by atoms with van der Waals surface area (Å²) in [7, 11) is 1.54. The number of nitrogens with one attached hydrogen (secondary N) is 2. The third kappa shape index (κ3) is 2.36. The van der Waals surface area contributed by atoms with Crippen molar-refractivity contribution < 1.29 is 19.1 Å². The lowest BCUT2D eigenvalue weighted by atomic mass is 9.70. The average Bonchev–Trinajstić information content (AvgIpc) is 3.35. The Hall–Kier alpha value is -2.33. The highest BCUT2D eigenvalue weighted by Crippen LogP contribution is 2.59. The molecule has 27 heavy (non-hydrogen) atoms. The Bertz CT molecular complexity index is 766. The van der Waals surface area contributed by atoms with Gasteiger partial charge < -0.3 is 20.3 Å². The SMILES string of the molecule is C#CCN1C(=O)[C@@H]2[C@H](C(=O)NC)[C@@]3(C)C=C[C@@]2(O3)[C@@H]1C(=O)NC1CCCC1. The van der Waals surface area contributed by atoms with E-state index in [0.29, 0.717) is 0 Å². The summed E-state index contributed by atoms with van der Waals surface area (Å²) in [5.41, 5.74) is -2.06. The number of ether oxygens (including phenoxy) is 1. The van der Waals surface area contributed by atoms with Crippen LogP contribution in [0.5, 0.6) is 0 Å². The maximum absolute atomic E-state index is 13.2. The van der Waals surface area contributed by atoms with Gasteiger partial charge in [-0.1, -0.05) is 30.9 Å². The van der Waals surface area contributed by atoms with Crippen LogP contribution in [0.25, 0.3) is 0 Å². The molecular formula is C20H25N3O4. The fraction of sp³-hybridized carbons (Fsp3) is 0.650. The number of carbonyl (C=O) groups excluding carboxylic acids is 3. The molecule has 3 amide bonds. The van der Waals surface area contributed by atoms with Crippen molar-refractivity contribution in [3.63, 3.8) is 0 Å². The van der Waals surface area contributed by atoms with Crippen LogP contribution in [-0.2, 0) is 19.1 Å². The van der Waals surface area contributed by atoms with Crippen LogP contribution >= 0.6 is 0 Å². The van der Waals surface area contributed by atoms with Crippen LogP contribution in [0, 0.1) is 24.2 Å². The zero-order chi connectivity index (χ0) is 19.4. The van der Waals surface area contributed by atoms with Crippen molar-refractivity contribution in [2.75, 3.05) is 13.6 Å². The second kappa shape index (κ2) is 6.10. The Morgan fingerprint density at radius 2 is 2.04 bits per heavy atom. The molecule has 2 saturated heterocycles. The molecule has 0 unspecified atom stereocenters. The minimum absolute atomic E-state index is 0.00815. The smallest absolute Gasteiger partial charge is 0.246 e. The van der Waals surface area contributed by atoms with E-state index in [4.69, 9.17) is 11.2 Å². The summed E-state index contributed by atoms with van der Waals surface area (Å²) in [5.74, 6) is 0.230. The average molecular weight is 371 g/mol. The van der Waals surface area contributed by atoms with Crippen molar-refractivity contribution in [2.24, 2.45) is 11.8 Å². The molecule has 7 nitrogen and oxygen atoms in total. The third-order valence-corrected chi connectivity index (χ3v) is 6.54. The number of nitrogens with zero attached hydrogens (tertiary/aromatic N) is 1. The van der Waals surface area contributed by atoms with Gasteiger partial charge in [0.1, 0.15) is 11.6 Å². The quantitative estimate of drug-likeness (QED) is 0.536. The van der Waals surface area contributed by atoms with E-state index in [1.807, 2.05) is 6.08 Å². The Morgan fingerprint density at radius 3 is 2.67 bits per heavy atom. The topological polar surface area (TPSA) is 87.7 Å². The predicted octanol–water partition coefficient (Wildman–Crippen LogP) is -0.0349. The molecule has 5 atom stereocenters. The van der Waals surface area contributed by atoms with Crippen LogP contribution in [0.1, 0.15) is 32.6 Å². The summed E-state index contributed by atoms with van der Waals surface area (Å²) in [6, 6.07) is -0.747. The van der Waals surface area contributed by atoms with Gasteiger partial charge in [0, 0.05) is 13.1 Å². The lowest BCUT2D eigenvalue weighted by Gasteiger charge is -2.32. The predicted molar refractivity (Wildman–Crippen MR) is 97.1 cm³/mol. The Labute approximate surface area is 158 Å². The number of rotatable bonds is 4. The zero-order valence-electron chi connectivity index (χ0n) is 15.7.